The van der Waals surface area contributed by atoms with Gasteiger partial charge in [0.15, 0.2) is 0 Å². The smallest absolute Gasteiger partial charge is 0.542 e. The molecule has 0 aromatic rings. The van der Waals surface area contributed by atoms with Crippen molar-refractivity contribution < 1.29 is 44.3 Å². The first-order chi connectivity index (χ1) is 11.7. The molecule has 0 atom stereocenters. The molecule has 0 aliphatic heterocycles. The molecule has 0 amide bonds. The summed E-state index contributed by atoms with van der Waals surface area (Å²) in [5, 5.41) is 7.60. The van der Waals surface area contributed by atoms with Crippen molar-refractivity contribution in [3.8, 4) is 0 Å². The predicted octanol–water partition coefficient (Wildman–Crippen LogP) is 2.17. The third-order valence-electron chi connectivity index (χ3n) is 3.72. The maximum atomic E-state index is 10.0. The van der Waals surface area contributed by atoms with Gasteiger partial charge in [0.05, 0.1) is 6.54 Å². The Balaban J connectivity index is -0.000000704. The van der Waals surface area contributed by atoms with Gasteiger partial charge in [-0.1, -0.05) is 76.9 Å². The molecular weight excluding hydrogens is 325 g/mol. The SMILES string of the molecule is CCCCCCCC/C=C\CCCCCCC[C-]=O.NCC(=O)O.[Na+]. The van der Waals surface area contributed by atoms with Crippen LogP contribution >= 0.6 is 0 Å². The number of hydrogen-bond donors (Lipinski definition) is 2. The molecule has 0 unspecified atom stereocenters. The van der Waals surface area contributed by atoms with Crippen molar-refractivity contribution in [2.24, 2.45) is 5.73 Å². The second-order valence-electron chi connectivity index (χ2n) is 6.08. The first-order valence-corrected chi connectivity index (χ1v) is 9.60. The zero-order chi connectivity index (χ0) is 18.3. The number of hydrogen-bond acceptors (Lipinski definition) is 3. The molecule has 0 aliphatic rings. The molecule has 0 aromatic carbocycles. The average molecular weight is 364 g/mol. The molecule has 0 radical (unpaired) electrons. The van der Waals surface area contributed by atoms with Gasteiger partial charge in [-0.2, -0.15) is 6.42 Å². The first-order valence-electron chi connectivity index (χ1n) is 9.60. The fraction of sp³-hybridized carbons (Fsp3) is 0.800. The van der Waals surface area contributed by atoms with Crippen LogP contribution < -0.4 is 35.3 Å². The van der Waals surface area contributed by atoms with Crippen molar-refractivity contribution >= 4 is 12.3 Å². The van der Waals surface area contributed by atoms with Crippen LogP contribution in [0.5, 0.6) is 0 Å². The Morgan fingerprint density at radius 1 is 0.880 bits per heavy atom. The zero-order valence-corrected chi connectivity index (χ0v) is 18.6. The summed E-state index contributed by atoms with van der Waals surface area (Å²) in [4.78, 5) is 19.2. The second kappa shape index (κ2) is 28.6. The van der Waals surface area contributed by atoms with Gasteiger partial charge in [-0.25, -0.2) is 0 Å². The maximum Gasteiger partial charge on any atom is 1.00 e. The fourth-order valence-corrected chi connectivity index (χ4v) is 2.27. The summed E-state index contributed by atoms with van der Waals surface area (Å²) < 4.78 is 0. The van der Waals surface area contributed by atoms with Gasteiger partial charge in [0.1, 0.15) is 0 Å². The molecule has 0 saturated carbocycles. The molecule has 0 saturated heterocycles. The molecule has 0 bridgehead atoms. The van der Waals surface area contributed by atoms with E-state index in [2.05, 4.69) is 24.8 Å². The van der Waals surface area contributed by atoms with Gasteiger partial charge in [0.2, 0.25) is 0 Å². The van der Waals surface area contributed by atoms with E-state index in [4.69, 9.17) is 5.11 Å². The molecule has 0 aliphatic carbocycles. The number of carbonyl (C=O) groups excluding carboxylic acids is 1. The van der Waals surface area contributed by atoms with E-state index in [-0.39, 0.29) is 36.1 Å². The molecule has 0 fully saturated rings. The molecule has 5 heteroatoms. The summed E-state index contributed by atoms with van der Waals surface area (Å²) in [7, 11) is 0. The van der Waals surface area contributed by atoms with Gasteiger partial charge in [0.25, 0.3) is 0 Å². The van der Waals surface area contributed by atoms with Gasteiger partial charge < -0.3 is 15.6 Å². The largest absolute Gasteiger partial charge is 1.00 e. The molecular formula is C20H38NNaO3. The van der Waals surface area contributed by atoms with Gasteiger partial charge in [-0.3, -0.25) is 11.1 Å². The van der Waals surface area contributed by atoms with Crippen molar-refractivity contribution in [2.75, 3.05) is 6.54 Å². The van der Waals surface area contributed by atoms with E-state index >= 15 is 0 Å². The van der Waals surface area contributed by atoms with Crippen LogP contribution in [-0.2, 0) is 9.59 Å². The van der Waals surface area contributed by atoms with E-state index in [1.54, 1.807) is 0 Å². The number of rotatable bonds is 16. The molecule has 4 nitrogen and oxygen atoms in total. The number of unbranched alkanes of at least 4 members (excludes halogenated alkanes) is 12. The maximum absolute atomic E-state index is 10.0. The van der Waals surface area contributed by atoms with E-state index in [9.17, 15) is 9.59 Å². The Hall–Kier alpha value is -0.160. The Labute approximate surface area is 177 Å². The van der Waals surface area contributed by atoms with E-state index < -0.39 is 5.97 Å². The van der Waals surface area contributed by atoms with Crippen molar-refractivity contribution in [3.63, 3.8) is 0 Å². The van der Waals surface area contributed by atoms with Gasteiger partial charge in [-0.05, 0) is 25.7 Å². The number of carbonyl (C=O) groups is 1. The van der Waals surface area contributed by atoms with Crippen LogP contribution in [-0.4, -0.2) is 23.9 Å². The number of nitrogens with two attached hydrogens (primary N) is 1. The number of aliphatic carboxylic acids is 1. The van der Waals surface area contributed by atoms with E-state index in [0.717, 1.165) is 6.42 Å². The van der Waals surface area contributed by atoms with Gasteiger partial charge in [0, 0.05) is 0 Å². The first kappa shape index (κ1) is 29.6. The third kappa shape index (κ3) is 35.7. The summed E-state index contributed by atoms with van der Waals surface area (Å²) in [6.07, 6.45) is 24.2. The van der Waals surface area contributed by atoms with Crippen LogP contribution in [0.4, 0.5) is 0 Å². The fourth-order valence-electron chi connectivity index (χ4n) is 2.27. The summed E-state index contributed by atoms with van der Waals surface area (Å²) >= 11 is 0. The van der Waals surface area contributed by atoms with Gasteiger partial charge >= 0.3 is 35.5 Å². The van der Waals surface area contributed by atoms with Crippen molar-refractivity contribution in [1.29, 1.82) is 0 Å². The summed E-state index contributed by atoms with van der Waals surface area (Å²) in [5.74, 6) is -0.968. The number of carboxylic acid groups (broad SMARTS) is 1. The molecule has 3 N–H and O–H groups in total. The molecule has 0 spiro atoms. The molecule has 0 rings (SSSR count). The molecule has 142 valence electrons. The number of allylic oxidation sites excluding steroid dienone is 2. The summed E-state index contributed by atoms with van der Waals surface area (Å²) in [6.45, 7) is 1.99. The van der Waals surface area contributed by atoms with Crippen molar-refractivity contribution in [3.05, 3.63) is 12.2 Å². The van der Waals surface area contributed by atoms with Crippen LogP contribution in [0.1, 0.15) is 96.8 Å². The van der Waals surface area contributed by atoms with E-state index in [1.165, 1.54) is 77.0 Å². The number of carboxylic acids is 1. The normalized spacial score (nSPS) is 10.0. The Kier molecular flexibility index (Phi) is 33.9. The third-order valence-corrected chi connectivity index (χ3v) is 3.72. The Bertz CT molecular complexity index is 297. The minimum atomic E-state index is -0.968. The molecule has 25 heavy (non-hydrogen) atoms. The average Bonchev–Trinajstić information content (AvgIpc) is 2.59. The van der Waals surface area contributed by atoms with Crippen LogP contribution in [0.15, 0.2) is 12.2 Å². The standard InChI is InChI=1S/C18H33O.C2H5NO2.Na/c1-2-3-4-5-6-7-8-9-10-11-12-13-14-15-16-17-18-19;3-1-2(4)5;/h9-10H,2-8,11-17H2,1H3;1,3H2,(H,4,5);/q-1;;+1/b10-9-;;. The van der Waals surface area contributed by atoms with Crippen LogP contribution in [0.3, 0.4) is 0 Å². The molecule has 0 aromatic heterocycles. The minimum absolute atomic E-state index is 0. The van der Waals surface area contributed by atoms with Crippen LogP contribution in [0, 0.1) is 0 Å². The van der Waals surface area contributed by atoms with Crippen molar-refractivity contribution in [1.82, 2.24) is 0 Å². The van der Waals surface area contributed by atoms with E-state index in [1.807, 2.05) is 6.29 Å². The minimum Gasteiger partial charge on any atom is -0.542 e. The van der Waals surface area contributed by atoms with Gasteiger partial charge in [-0.15, -0.1) is 0 Å². The monoisotopic (exact) mass is 363 g/mol. The van der Waals surface area contributed by atoms with Crippen molar-refractivity contribution in [2.45, 2.75) is 96.8 Å². The Morgan fingerprint density at radius 3 is 1.68 bits per heavy atom. The summed E-state index contributed by atoms with van der Waals surface area (Å²) in [6, 6.07) is 0. The quantitative estimate of drug-likeness (QED) is 0.191. The molecule has 0 heterocycles. The summed E-state index contributed by atoms with van der Waals surface area (Å²) in [5.41, 5.74) is 4.57. The van der Waals surface area contributed by atoms with Crippen LogP contribution in [0.2, 0.25) is 0 Å². The second-order valence-corrected chi connectivity index (χ2v) is 6.08. The van der Waals surface area contributed by atoms with Crippen LogP contribution in [0.25, 0.3) is 0 Å². The topological polar surface area (TPSA) is 80.4 Å². The Morgan fingerprint density at radius 2 is 1.28 bits per heavy atom. The zero-order valence-electron chi connectivity index (χ0n) is 16.6. The van der Waals surface area contributed by atoms with E-state index in [0.29, 0.717) is 6.42 Å². The predicted molar refractivity (Wildman–Crippen MR) is 102 cm³/mol.